The largest absolute Gasteiger partial charge is 0.497 e. The minimum absolute atomic E-state index is 0.182. The van der Waals surface area contributed by atoms with Crippen LogP contribution in [0.25, 0.3) is 0 Å². The molecule has 0 amide bonds. The van der Waals surface area contributed by atoms with Crippen molar-refractivity contribution in [2.24, 2.45) is 5.92 Å². The van der Waals surface area contributed by atoms with Crippen LogP contribution in [0, 0.1) is 11.7 Å². The zero-order valence-corrected chi connectivity index (χ0v) is 22.6. The summed E-state index contributed by atoms with van der Waals surface area (Å²) in [5.74, 6) is 1.42. The van der Waals surface area contributed by atoms with Gasteiger partial charge in [0.1, 0.15) is 11.6 Å². The van der Waals surface area contributed by atoms with E-state index in [4.69, 9.17) is 4.74 Å². The summed E-state index contributed by atoms with van der Waals surface area (Å²) in [4.78, 5) is 4.99. The molecule has 1 saturated heterocycles. The summed E-state index contributed by atoms with van der Waals surface area (Å²) in [7, 11) is 1.70. The van der Waals surface area contributed by atoms with E-state index in [2.05, 4.69) is 40.1 Å². The highest BCUT2D eigenvalue weighted by molar-refractivity contribution is 5.34. The number of ether oxygens (including phenoxy) is 1. The normalized spacial score (nSPS) is 18.1. The van der Waals surface area contributed by atoms with Crippen LogP contribution in [-0.2, 0) is 25.9 Å². The monoisotopic (exact) mass is 516 g/mol. The molecule has 1 N–H and O–H groups in total. The second-order valence-electron chi connectivity index (χ2n) is 11.1. The molecule has 0 spiro atoms. The van der Waals surface area contributed by atoms with Gasteiger partial charge in [0.05, 0.1) is 13.2 Å². The lowest BCUT2D eigenvalue weighted by molar-refractivity contribution is 0.132. The number of rotatable bonds is 9. The van der Waals surface area contributed by atoms with Crippen molar-refractivity contribution >= 4 is 0 Å². The highest BCUT2D eigenvalue weighted by Crippen LogP contribution is 2.29. The Balaban J connectivity index is 1.07. The minimum atomic E-state index is -0.392. The number of aliphatic hydroxyl groups is 1. The fourth-order valence-electron chi connectivity index (χ4n) is 5.99. The third-order valence-corrected chi connectivity index (χ3v) is 8.45. The molecule has 3 aromatic rings. The van der Waals surface area contributed by atoms with Crippen LogP contribution in [0.2, 0.25) is 0 Å². The maximum Gasteiger partial charge on any atom is 0.123 e. The van der Waals surface area contributed by atoms with E-state index in [0.29, 0.717) is 5.92 Å². The first-order valence-corrected chi connectivity index (χ1v) is 14.2. The number of likely N-dealkylation sites (tertiary alicyclic amines) is 1. The van der Waals surface area contributed by atoms with Crippen LogP contribution in [0.3, 0.4) is 0 Å². The average molecular weight is 517 g/mol. The highest BCUT2D eigenvalue weighted by atomic mass is 19.1. The van der Waals surface area contributed by atoms with Gasteiger partial charge in [-0.2, -0.15) is 0 Å². The summed E-state index contributed by atoms with van der Waals surface area (Å²) < 4.78 is 18.5. The molecule has 0 radical (unpaired) electrons. The van der Waals surface area contributed by atoms with Crippen molar-refractivity contribution in [2.75, 3.05) is 33.3 Å². The number of hydrogen-bond donors (Lipinski definition) is 1. The van der Waals surface area contributed by atoms with E-state index in [-0.39, 0.29) is 5.82 Å². The Hall–Kier alpha value is -2.73. The number of methoxy groups -OCH3 is 1. The predicted molar refractivity (Wildman–Crippen MR) is 151 cm³/mol. The van der Waals surface area contributed by atoms with E-state index in [0.717, 1.165) is 81.8 Å². The number of halogens is 1. The molecule has 4 nitrogen and oxygen atoms in total. The molecule has 1 fully saturated rings. The van der Waals surface area contributed by atoms with Gasteiger partial charge in [0.25, 0.3) is 0 Å². The van der Waals surface area contributed by atoms with Crippen LogP contribution in [0.15, 0.2) is 66.7 Å². The van der Waals surface area contributed by atoms with Gasteiger partial charge < -0.3 is 9.84 Å². The van der Waals surface area contributed by atoms with Crippen molar-refractivity contribution in [1.82, 2.24) is 9.80 Å². The number of fused-ring (bicyclic) bond motifs is 1. The Kier molecular flexibility index (Phi) is 9.10. The summed E-state index contributed by atoms with van der Waals surface area (Å²) in [6.45, 7) is 6.08. The van der Waals surface area contributed by atoms with E-state index in [1.165, 1.54) is 29.5 Å². The van der Waals surface area contributed by atoms with Crippen molar-refractivity contribution in [3.63, 3.8) is 0 Å². The molecular formula is C33H41FN2O2. The van der Waals surface area contributed by atoms with Crippen molar-refractivity contribution in [3.05, 3.63) is 100 Å². The van der Waals surface area contributed by atoms with E-state index < -0.39 is 6.10 Å². The number of aliphatic hydroxyl groups excluding tert-OH is 1. The molecule has 38 heavy (non-hydrogen) atoms. The molecule has 0 aliphatic carbocycles. The molecule has 202 valence electrons. The lowest BCUT2D eigenvalue weighted by atomic mass is 9.89. The Morgan fingerprint density at radius 3 is 2.08 bits per heavy atom. The van der Waals surface area contributed by atoms with Gasteiger partial charge in [0.15, 0.2) is 0 Å². The Labute approximate surface area is 227 Å². The molecule has 5 heteroatoms. The molecule has 5 rings (SSSR count). The molecule has 2 aliphatic heterocycles. The first-order valence-electron chi connectivity index (χ1n) is 14.2. The van der Waals surface area contributed by atoms with Gasteiger partial charge in [0.2, 0.25) is 0 Å². The van der Waals surface area contributed by atoms with Crippen LogP contribution in [0.4, 0.5) is 4.39 Å². The third-order valence-electron chi connectivity index (χ3n) is 8.45. The molecule has 2 heterocycles. The lowest BCUT2D eigenvalue weighted by Gasteiger charge is -2.32. The second kappa shape index (κ2) is 12.9. The molecule has 0 aromatic heterocycles. The minimum Gasteiger partial charge on any atom is -0.497 e. The van der Waals surface area contributed by atoms with Gasteiger partial charge in [0, 0.05) is 26.2 Å². The van der Waals surface area contributed by atoms with Crippen LogP contribution < -0.4 is 4.74 Å². The summed E-state index contributed by atoms with van der Waals surface area (Å²) >= 11 is 0. The third kappa shape index (κ3) is 7.22. The smallest absolute Gasteiger partial charge is 0.123 e. The molecular weight excluding hydrogens is 475 g/mol. The Morgan fingerprint density at radius 2 is 1.42 bits per heavy atom. The predicted octanol–water partition coefficient (Wildman–Crippen LogP) is 6.16. The molecule has 1 atom stereocenters. The van der Waals surface area contributed by atoms with E-state index in [9.17, 15) is 9.50 Å². The van der Waals surface area contributed by atoms with Gasteiger partial charge >= 0.3 is 0 Å². The Bertz CT molecular complexity index is 1160. The van der Waals surface area contributed by atoms with Crippen LogP contribution in [-0.4, -0.2) is 48.2 Å². The first-order chi connectivity index (χ1) is 18.6. The van der Waals surface area contributed by atoms with Crippen molar-refractivity contribution in [1.29, 1.82) is 0 Å². The van der Waals surface area contributed by atoms with E-state index >= 15 is 0 Å². The quantitative estimate of drug-likeness (QED) is 0.370. The van der Waals surface area contributed by atoms with Gasteiger partial charge in [-0.15, -0.1) is 0 Å². The summed E-state index contributed by atoms with van der Waals surface area (Å²) in [6, 6.07) is 21.9. The van der Waals surface area contributed by atoms with Crippen LogP contribution in [0.5, 0.6) is 5.75 Å². The Morgan fingerprint density at radius 1 is 0.816 bits per heavy atom. The van der Waals surface area contributed by atoms with E-state index in [1.807, 2.05) is 24.3 Å². The molecule has 2 aliphatic rings. The van der Waals surface area contributed by atoms with Crippen LogP contribution in [0.1, 0.15) is 59.6 Å². The zero-order valence-electron chi connectivity index (χ0n) is 22.6. The van der Waals surface area contributed by atoms with Crippen LogP contribution >= 0.6 is 0 Å². The number of nitrogens with zero attached hydrogens (tertiary/aromatic N) is 2. The summed E-state index contributed by atoms with van der Waals surface area (Å²) in [5.41, 5.74) is 6.32. The standard InChI is InChI=1S/C33H41FN2O2/c1-38-32-11-4-27(5-12-32)24-35-18-14-25(15-19-35)6-13-33(37)30-8-7-28-16-20-36(21-17-29(28)22-30)23-26-2-9-31(34)10-3-26/h2-5,7-12,22,25,33,37H,6,13-21,23-24H2,1H3. The average Bonchev–Trinajstić information content (AvgIpc) is 3.16. The fraction of sp³-hybridized carbons (Fsp3) is 0.455. The lowest BCUT2D eigenvalue weighted by Crippen LogP contribution is -2.33. The maximum atomic E-state index is 13.2. The number of piperidine rings is 1. The number of hydrogen-bond acceptors (Lipinski definition) is 4. The molecule has 1 unspecified atom stereocenters. The number of benzene rings is 3. The van der Waals surface area contributed by atoms with Gasteiger partial charge in [-0.05, 0) is 110 Å². The van der Waals surface area contributed by atoms with Crippen molar-refractivity contribution < 1.29 is 14.2 Å². The molecule has 3 aromatic carbocycles. The second-order valence-corrected chi connectivity index (χ2v) is 11.1. The summed E-state index contributed by atoms with van der Waals surface area (Å²) in [5, 5.41) is 11.0. The van der Waals surface area contributed by atoms with Crippen molar-refractivity contribution in [3.8, 4) is 5.75 Å². The fourth-order valence-corrected chi connectivity index (χ4v) is 5.99. The first kappa shape index (κ1) is 26.9. The topological polar surface area (TPSA) is 35.9 Å². The van der Waals surface area contributed by atoms with E-state index in [1.54, 1.807) is 19.2 Å². The summed E-state index contributed by atoms with van der Waals surface area (Å²) in [6.07, 6.45) is 5.94. The maximum absolute atomic E-state index is 13.2. The zero-order chi connectivity index (χ0) is 26.3. The molecule has 0 saturated carbocycles. The SMILES string of the molecule is COc1ccc(CN2CCC(CCC(O)c3ccc4c(c3)CCN(Cc3ccc(F)cc3)CC4)CC2)cc1. The van der Waals surface area contributed by atoms with Gasteiger partial charge in [-0.1, -0.05) is 42.5 Å². The van der Waals surface area contributed by atoms with Gasteiger partial charge in [-0.3, -0.25) is 9.80 Å². The molecule has 0 bridgehead atoms. The highest BCUT2D eigenvalue weighted by Gasteiger charge is 2.21. The van der Waals surface area contributed by atoms with Gasteiger partial charge in [-0.25, -0.2) is 4.39 Å². The van der Waals surface area contributed by atoms with Crippen molar-refractivity contribution in [2.45, 2.75) is 57.7 Å².